The zero-order valence-corrected chi connectivity index (χ0v) is 14.8. The molecule has 0 aromatic heterocycles. The van der Waals surface area contributed by atoms with E-state index in [0.717, 1.165) is 0 Å². The molecule has 6 nitrogen and oxygen atoms in total. The highest BCUT2D eigenvalue weighted by Gasteiger charge is 2.13. The third-order valence-corrected chi connectivity index (χ3v) is 3.65. The summed E-state index contributed by atoms with van der Waals surface area (Å²) >= 11 is 11.9. The van der Waals surface area contributed by atoms with Gasteiger partial charge in [0.2, 0.25) is 0 Å². The number of ether oxygens (including phenoxy) is 1. The molecule has 0 aliphatic heterocycles. The van der Waals surface area contributed by atoms with Crippen molar-refractivity contribution >= 4 is 46.9 Å². The van der Waals surface area contributed by atoms with Crippen LogP contribution < -0.4 is 15.5 Å². The summed E-state index contributed by atoms with van der Waals surface area (Å²) in [6.45, 7) is 2.41. The van der Waals surface area contributed by atoms with Gasteiger partial charge in [0, 0.05) is 11.3 Å². The molecule has 0 bridgehead atoms. The Kier molecular flexibility index (Phi) is 6.80. The van der Waals surface area contributed by atoms with Crippen molar-refractivity contribution in [3.05, 3.63) is 58.1 Å². The highest BCUT2D eigenvalue weighted by molar-refractivity contribution is 6.40. The summed E-state index contributed by atoms with van der Waals surface area (Å²) in [5.41, 5.74) is 3.02. The van der Waals surface area contributed by atoms with Crippen LogP contribution in [0.3, 0.4) is 0 Å². The number of nitrogens with one attached hydrogen (secondary N) is 2. The molecule has 0 aliphatic carbocycles. The third kappa shape index (κ3) is 5.48. The highest BCUT2D eigenvalue weighted by Crippen LogP contribution is 2.22. The SMILES string of the molecule is CCOc1ccc(NC(=O)C(=O)N/N=C/c2c(Cl)cccc2Cl)cc1. The zero-order chi connectivity index (χ0) is 18.2. The molecule has 0 spiro atoms. The van der Waals surface area contributed by atoms with Crippen LogP contribution in [0.2, 0.25) is 10.0 Å². The Balaban J connectivity index is 1.92. The molecular formula is C17H15Cl2N3O3. The molecule has 25 heavy (non-hydrogen) atoms. The molecule has 8 heteroatoms. The van der Waals surface area contributed by atoms with Crippen molar-refractivity contribution in [2.45, 2.75) is 6.92 Å². The molecule has 0 aliphatic rings. The maximum atomic E-state index is 11.8. The molecule has 2 rings (SSSR count). The summed E-state index contributed by atoms with van der Waals surface area (Å²) in [7, 11) is 0. The van der Waals surface area contributed by atoms with Crippen LogP contribution in [0.4, 0.5) is 5.69 Å². The molecular weight excluding hydrogens is 365 g/mol. The number of carbonyl (C=O) groups is 2. The van der Waals surface area contributed by atoms with E-state index in [9.17, 15) is 9.59 Å². The number of amides is 2. The molecule has 0 unspecified atom stereocenters. The highest BCUT2D eigenvalue weighted by atomic mass is 35.5. The van der Waals surface area contributed by atoms with E-state index >= 15 is 0 Å². The summed E-state index contributed by atoms with van der Waals surface area (Å²) in [4.78, 5) is 23.6. The van der Waals surface area contributed by atoms with E-state index in [4.69, 9.17) is 27.9 Å². The Hall–Kier alpha value is -2.57. The van der Waals surface area contributed by atoms with Crippen LogP contribution in [0.1, 0.15) is 12.5 Å². The second kappa shape index (κ2) is 9.05. The molecule has 2 amide bonds. The second-order valence-corrected chi connectivity index (χ2v) is 5.56. The standard InChI is InChI=1S/C17H15Cl2N3O3/c1-2-25-12-8-6-11(7-9-12)21-16(23)17(24)22-20-10-13-14(18)4-3-5-15(13)19/h3-10H,2H2,1H3,(H,21,23)(H,22,24)/b20-10+. The van der Waals surface area contributed by atoms with Crippen LogP contribution in [0.5, 0.6) is 5.75 Å². The molecule has 2 aromatic rings. The normalized spacial score (nSPS) is 10.5. The van der Waals surface area contributed by atoms with Crippen LogP contribution in [-0.2, 0) is 9.59 Å². The number of halogens is 2. The first-order chi connectivity index (χ1) is 12.0. The Morgan fingerprint density at radius 3 is 2.32 bits per heavy atom. The fraction of sp³-hybridized carbons (Fsp3) is 0.118. The predicted molar refractivity (Wildman–Crippen MR) is 98.4 cm³/mol. The van der Waals surface area contributed by atoms with E-state index in [0.29, 0.717) is 33.7 Å². The molecule has 0 atom stereocenters. The minimum atomic E-state index is -0.923. The maximum Gasteiger partial charge on any atom is 0.329 e. The van der Waals surface area contributed by atoms with Gasteiger partial charge < -0.3 is 10.1 Å². The van der Waals surface area contributed by atoms with Gasteiger partial charge in [-0.05, 0) is 43.3 Å². The third-order valence-electron chi connectivity index (χ3n) is 2.99. The lowest BCUT2D eigenvalue weighted by molar-refractivity contribution is -0.136. The predicted octanol–water partition coefficient (Wildman–Crippen LogP) is 3.48. The molecule has 0 saturated heterocycles. The fourth-order valence-electron chi connectivity index (χ4n) is 1.83. The van der Waals surface area contributed by atoms with Crippen molar-refractivity contribution in [2.75, 3.05) is 11.9 Å². The topological polar surface area (TPSA) is 79.8 Å². The maximum absolute atomic E-state index is 11.8. The number of nitrogens with zero attached hydrogens (tertiary/aromatic N) is 1. The zero-order valence-electron chi connectivity index (χ0n) is 13.3. The first-order valence-electron chi connectivity index (χ1n) is 7.32. The van der Waals surface area contributed by atoms with E-state index in [-0.39, 0.29) is 0 Å². The van der Waals surface area contributed by atoms with Gasteiger partial charge in [0.1, 0.15) is 5.75 Å². The Labute approximate surface area is 154 Å². The number of hydrogen-bond acceptors (Lipinski definition) is 4. The summed E-state index contributed by atoms with van der Waals surface area (Å²) in [6.07, 6.45) is 1.27. The minimum Gasteiger partial charge on any atom is -0.494 e. The fourth-order valence-corrected chi connectivity index (χ4v) is 2.32. The monoisotopic (exact) mass is 379 g/mol. The Morgan fingerprint density at radius 1 is 1.08 bits per heavy atom. The van der Waals surface area contributed by atoms with Crippen molar-refractivity contribution in [2.24, 2.45) is 5.10 Å². The average molecular weight is 380 g/mol. The van der Waals surface area contributed by atoms with E-state index in [2.05, 4.69) is 15.8 Å². The minimum absolute atomic E-state index is 0.379. The first-order valence-corrected chi connectivity index (χ1v) is 8.08. The first kappa shape index (κ1) is 18.8. The summed E-state index contributed by atoms with van der Waals surface area (Å²) in [6, 6.07) is 11.6. The smallest absolute Gasteiger partial charge is 0.329 e. The van der Waals surface area contributed by atoms with Gasteiger partial charge in [0.05, 0.1) is 22.9 Å². The number of rotatable bonds is 5. The van der Waals surface area contributed by atoms with Crippen molar-refractivity contribution in [1.29, 1.82) is 0 Å². The Bertz CT molecular complexity index is 772. The van der Waals surface area contributed by atoms with Crippen molar-refractivity contribution in [3.8, 4) is 5.75 Å². The lowest BCUT2D eigenvalue weighted by atomic mass is 10.2. The van der Waals surface area contributed by atoms with Gasteiger partial charge in [-0.25, -0.2) is 5.43 Å². The van der Waals surface area contributed by atoms with Gasteiger partial charge in [0.25, 0.3) is 0 Å². The summed E-state index contributed by atoms with van der Waals surface area (Å²) in [5.74, 6) is -1.11. The summed E-state index contributed by atoms with van der Waals surface area (Å²) < 4.78 is 5.30. The average Bonchev–Trinajstić information content (AvgIpc) is 2.59. The largest absolute Gasteiger partial charge is 0.494 e. The molecule has 0 saturated carbocycles. The van der Waals surface area contributed by atoms with Crippen LogP contribution in [-0.4, -0.2) is 24.6 Å². The van der Waals surface area contributed by atoms with E-state index in [1.165, 1.54) is 6.21 Å². The number of benzene rings is 2. The molecule has 0 radical (unpaired) electrons. The number of hydrazone groups is 1. The van der Waals surface area contributed by atoms with Crippen LogP contribution >= 0.6 is 23.2 Å². The molecule has 2 N–H and O–H groups in total. The molecule has 130 valence electrons. The van der Waals surface area contributed by atoms with E-state index in [1.54, 1.807) is 42.5 Å². The molecule has 2 aromatic carbocycles. The van der Waals surface area contributed by atoms with Gasteiger partial charge in [-0.15, -0.1) is 0 Å². The van der Waals surface area contributed by atoms with Crippen LogP contribution in [0, 0.1) is 0 Å². The van der Waals surface area contributed by atoms with E-state index < -0.39 is 11.8 Å². The van der Waals surface area contributed by atoms with E-state index in [1.807, 2.05) is 6.92 Å². The number of carbonyl (C=O) groups excluding carboxylic acids is 2. The van der Waals surface area contributed by atoms with Crippen LogP contribution in [0.25, 0.3) is 0 Å². The second-order valence-electron chi connectivity index (χ2n) is 4.75. The van der Waals surface area contributed by atoms with Gasteiger partial charge >= 0.3 is 11.8 Å². The quantitative estimate of drug-likeness (QED) is 0.474. The van der Waals surface area contributed by atoms with Gasteiger partial charge in [0.15, 0.2) is 0 Å². The molecule has 0 heterocycles. The number of anilines is 1. The van der Waals surface area contributed by atoms with Gasteiger partial charge in [-0.2, -0.15) is 5.10 Å². The van der Waals surface area contributed by atoms with Crippen molar-refractivity contribution < 1.29 is 14.3 Å². The lowest BCUT2D eigenvalue weighted by Crippen LogP contribution is -2.32. The Morgan fingerprint density at radius 2 is 1.72 bits per heavy atom. The van der Waals surface area contributed by atoms with Crippen molar-refractivity contribution in [3.63, 3.8) is 0 Å². The number of hydrogen-bond donors (Lipinski definition) is 2. The van der Waals surface area contributed by atoms with Crippen LogP contribution in [0.15, 0.2) is 47.6 Å². The van der Waals surface area contributed by atoms with Gasteiger partial charge in [-0.1, -0.05) is 29.3 Å². The van der Waals surface area contributed by atoms with Gasteiger partial charge in [-0.3, -0.25) is 9.59 Å². The summed E-state index contributed by atoms with van der Waals surface area (Å²) in [5, 5.41) is 6.90. The lowest BCUT2D eigenvalue weighted by Gasteiger charge is -2.06. The molecule has 0 fully saturated rings. The van der Waals surface area contributed by atoms with Crippen molar-refractivity contribution in [1.82, 2.24) is 5.43 Å².